The zero-order valence-electron chi connectivity index (χ0n) is 11.8. The Bertz CT molecular complexity index is 482. The summed E-state index contributed by atoms with van der Waals surface area (Å²) in [5, 5.41) is 5.86. The second-order valence-corrected chi connectivity index (χ2v) is 4.97. The van der Waals surface area contributed by atoms with Crippen molar-refractivity contribution in [3.63, 3.8) is 0 Å². The molecular weight excluding hydrogens is 254 g/mol. The van der Waals surface area contributed by atoms with Crippen molar-refractivity contribution >= 4 is 11.8 Å². The maximum atomic E-state index is 11.9. The van der Waals surface area contributed by atoms with Crippen molar-refractivity contribution in [2.75, 3.05) is 32.7 Å². The molecule has 1 fully saturated rings. The number of amides is 2. The number of rotatable bonds is 3. The molecule has 0 atom stereocenters. The molecule has 5 heteroatoms. The van der Waals surface area contributed by atoms with Crippen molar-refractivity contribution in [1.29, 1.82) is 0 Å². The van der Waals surface area contributed by atoms with E-state index in [-0.39, 0.29) is 0 Å². The highest BCUT2D eigenvalue weighted by Crippen LogP contribution is 2.06. The highest BCUT2D eigenvalue weighted by molar-refractivity contribution is 6.35. The molecule has 108 valence electrons. The van der Waals surface area contributed by atoms with Gasteiger partial charge in [-0.25, -0.2) is 0 Å². The summed E-state index contributed by atoms with van der Waals surface area (Å²) in [5.74, 6) is -0.920. The van der Waals surface area contributed by atoms with E-state index in [1.54, 1.807) is 4.90 Å². The summed E-state index contributed by atoms with van der Waals surface area (Å²) in [6.07, 6.45) is 0.743. The summed E-state index contributed by atoms with van der Waals surface area (Å²) in [7, 11) is 0. The Labute approximate surface area is 119 Å². The number of nitrogens with zero attached hydrogens (tertiary/aromatic N) is 1. The van der Waals surface area contributed by atoms with E-state index < -0.39 is 11.8 Å². The molecule has 0 unspecified atom stereocenters. The van der Waals surface area contributed by atoms with E-state index >= 15 is 0 Å². The third kappa shape index (κ3) is 3.81. The zero-order chi connectivity index (χ0) is 14.4. The van der Waals surface area contributed by atoms with E-state index in [9.17, 15) is 9.59 Å². The number of hydrogen-bond donors (Lipinski definition) is 2. The van der Waals surface area contributed by atoms with Crippen molar-refractivity contribution in [2.24, 2.45) is 0 Å². The molecule has 1 aliphatic rings. The van der Waals surface area contributed by atoms with Gasteiger partial charge < -0.3 is 15.5 Å². The minimum Gasteiger partial charge on any atom is -0.347 e. The first-order valence-corrected chi connectivity index (χ1v) is 7.01. The SMILES string of the molecule is Cc1ccccc1CCNC(=O)C(=O)N1CCNCC1. The number of carbonyl (C=O) groups is 2. The van der Waals surface area contributed by atoms with E-state index in [4.69, 9.17) is 0 Å². The molecule has 0 aliphatic carbocycles. The molecule has 1 aromatic carbocycles. The topological polar surface area (TPSA) is 61.4 Å². The lowest BCUT2D eigenvalue weighted by molar-refractivity contribution is -0.146. The van der Waals surface area contributed by atoms with Gasteiger partial charge in [0.1, 0.15) is 0 Å². The van der Waals surface area contributed by atoms with Crippen molar-refractivity contribution in [3.8, 4) is 0 Å². The second-order valence-electron chi connectivity index (χ2n) is 4.97. The molecular formula is C15H21N3O2. The molecule has 0 spiro atoms. The largest absolute Gasteiger partial charge is 0.347 e. The van der Waals surface area contributed by atoms with Gasteiger partial charge in [-0.15, -0.1) is 0 Å². The van der Waals surface area contributed by atoms with Crippen LogP contribution in [0.4, 0.5) is 0 Å². The first kappa shape index (κ1) is 14.5. The maximum Gasteiger partial charge on any atom is 0.311 e. The summed E-state index contributed by atoms with van der Waals surface area (Å²) >= 11 is 0. The Hall–Kier alpha value is -1.88. The quantitative estimate of drug-likeness (QED) is 0.768. The fourth-order valence-corrected chi connectivity index (χ4v) is 2.29. The van der Waals surface area contributed by atoms with Gasteiger partial charge in [0.15, 0.2) is 0 Å². The highest BCUT2D eigenvalue weighted by Gasteiger charge is 2.22. The van der Waals surface area contributed by atoms with E-state index in [0.717, 1.165) is 19.5 Å². The number of benzene rings is 1. The minimum atomic E-state index is -0.500. The predicted octanol–water partition coefficient (Wildman–Crippen LogP) is 0.0855. The molecule has 5 nitrogen and oxygen atoms in total. The highest BCUT2D eigenvalue weighted by atomic mass is 16.2. The van der Waals surface area contributed by atoms with Crippen molar-refractivity contribution in [2.45, 2.75) is 13.3 Å². The molecule has 1 heterocycles. The Morgan fingerprint density at radius 2 is 1.95 bits per heavy atom. The van der Waals surface area contributed by atoms with E-state index in [1.165, 1.54) is 11.1 Å². The number of hydrogen-bond acceptors (Lipinski definition) is 3. The van der Waals surface area contributed by atoms with Crippen LogP contribution in [-0.2, 0) is 16.0 Å². The third-order valence-corrected chi connectivity index (χ3v) is 3.54. The molecule has 0 radical (unpaired) electrons. The summed E-state index contributed by atoms with van der Waals surface area (Å²) < 4.78 is 0. The van der Waals surface area contributed by atoms with Gasteiger partial charge in [0.2, 0.25) is 0 Å². The standard InChI is InChI=1S/C15H21N3O2/c1-12-4-2-3-5-13(12)6-7-17-14(19)15(20)18-10-8-16-9-11-18/h2-5,16H,6-11H2,1H3,(H,17,19). The lowest BCUT2D eigenvalue weighted by Gasteiger charge is -2.26. The third-order valence-electron chi connectivity index (χ3n) is 3.54. The van der Waals surface area contributed by atoms with Crippen LogP contribution in [0.25, 0.3) is 0 Å². The summed E-state index contributed by atoms with van der Waals surface area (Å²) in [5.41, 5.74) is 2.40. The average Bonchev–Trinajstić information content (AvgIpc) is 2.49. The van der Waals surface area contributed by atoms with Crippen LogP contribution in [0.1, 0.15) is 11.1 Å². The first-order chi connectivity index (χ1) is 9.68. The molecule has 20 heavy (non-hydrogen) atoms. The second kappa shape index (κ2) is 7.05. The Balaban J connectivity index is 1.77. The monoisotopic (exact) mass is 275 g/mol. The van der Waals surface area contributed by atoms with Gasteiger partial charge in [0.05, 0.1) is 0 Å². The van der Waals surface area contributed by atoms with Gasteiger partial charge in [-0.3, -0.25) is 9.59 Å². The van der Waals surface area contributed by atoms with Gasteiger partial charge in [0, 0.05) is 32.7 Å². The lowest BCUT2D eigenvalue weighted by Crippen LogP contribution is -2.51. The molecule has 2 rings (SSSR count). The summed E-state index contributed by atoms with van der Waals surface area (Å²) in [4.78, 5) is 25.3. The molecule has 1 aliphatic heterocycles. The van der Waals surface area contributed by atoms with Crippen LogP contribution >= 0.6 is 0 Å². The number of carbonyl (C=O) groups excluding carboxylic acids is 2. The molecule has 0 bridgehead atoms. The van der Waals surface area contributed by atoms with Crippen LogP contribution in [0.2, 0.25) is 0 Å². The van der Waals surface area contributed by atoms with Crippen LogP contribution < -0.4 is 10.6 Å². The van der Waals surface area contributed by atoms with E-state index in [2.05, 4.69) is 10.6 Å². The van der Waals surface area contributed by atoms with Gasteiger partial charge in [-0.1, -0.05) is 24.3 Å². The average molecular weight is 275 g/mol. The smallest absolute Gasteiger partial charge is 0.311 e. The molecule has 2 N–H and O–H groups in total. The fraction of sp³-hybridized carbons (Fsp3) is 0.467. The molecule has 1 aromatic rings. The van der Waals surface area contributed by atoms with Crippen molar-refractivity contribution in [1.82, 2.24) is 15.5 Å². The van der Waals surface area contributed by atoms with Crippen LogP contribution in [0.3, 0.4) is 0 Å². The van der Waals surface area contributed by atoms with Crippen LogP contribution in [0.5, 0.6) is 0 Å². The molecule has 0 saturated carbocycles. The number of piperazine rings is 1. The summed E-state index contributed by atoms with van der Waals surface area (Å²) in [6.45, 7) is 5.24. The predicted molar refractivity (Wildman–Crippen MR) is 77.3 cm³/mol. The van der Waals surface area contributed by atoms with Crippen molar-refractivity contribution < 1.29 is 9.59 Å². The minimum absolute atomic E-state index is 0.420. The van der Waals surface area contributed by atoms with Gasteiger partial charge in [-0.05, 0) is 24.5 Å². The van der Waals surface area contributed by atoms with Gasteiger partial charge in [0.25, 0.3) is 0 Å². The Morgan fingerprint density at radius 1 is 1.25 bits per heavy atom. The van der Waals surface area contributed by atoms with Crippen LogP contribution in [0, 0.1) is 6.92 Å². The van der Waals surface area contributed by atoms with Crippen LogP contribution in [0.15, 0.2) is 24.3 Å². The van der Waals surface area contributed by atoms with Gasteiger partial charge in [-0.2, -0.15) is 0 Å². The van der Waals surface area contributed by atoms with Crippen molar-refractivity contribution in [3.05, 3.63) is 35.4 Å². The Morgan fingerprint density at radius 3 is 2.65 bits per heavy atom. The molecule has 2 amide bonds. The van der Waals surface area contributed by atoms with Crippen LogP contribution in [-0.4, -0.2) is 49.4 Å². The number of aryl methyl sites for hydroxylation is 1. The normalized spacial score (nSPS) is 14.9. The zero-order valence-corrected chi connectivity index (χ0v) is 11.8. The van der Waals surface area contributed by atoms with Gasteiger partial charge >= 0.3 is 11.8 Å². The maximum absolute atomic E-state index is 11.9. The molecule has 1 saturated heterocycles. The van der Waals surface area contributed by atoms with E-state index in [1.807, 2.05) is 31.2 Å². The lowest BCUT2D eigenvalue weighted by atomic mass is 10.1. The summed E-state index contributed by atoms with van der Waals surface area (Å²) in [6, 6.07) is 8.06. The van der Waals surface area contributed by atoms with E-state index in [0.29, 0.717) is 19.6 Å². The fourth-order valence-electron chi connectivity index (χ4n) is 2.29. The first-order valence-electron chi connectivity index (χ1n) is 7.01. The molecule has 0 aromatic heterocycles. The number of nitrogens with one attached hydrogen (secondary N) is 2. The Kier molecular flexibility index (Phi) is 5.12.